The Kier molecular flexibility index (Phi) is 8.55. The van der Waals surface area contributed by atoms with Gasteiger partial charge in [0.2, 0.25) is 0 Å². The van der Waals surface area contributed by atoms with E-state index in [1.54, 1.807) is 11.8 Å². The Morgan fingerprint density at radius 1 is 0.949 bits per heavy atom. The van der Waals surface area contributed by atoms with Gasteiger partial charge in [0.1, 0.15) is 6.04 Å². The molecule has 8 nitrogen and oxygen atoms in total. The molecule has 0 saturated carbocycles. The van der Waals surface area contributed by atoms with E-state index >= 15 is 0 Å². The van der Waals surface area contributed by atoms with Crippen LogP contribution in [-0.4, -0.2) is 50.4 Å². The van der Waals surface area contributed by atoms with Gasteiger partial charge in [-0.15, -0.1) is 5.10 Å². The van der Waals surface area contributed by atoms with E-state index < -0.39 is 6.04 Å². The number of benzene rings is 3. The second kappa shape index (κ2) is 12.6. The van der Waals surface area contributed by atoms with Crippen molar-refractivity contribution in [2.45, 2.75) is 38.9 Å². The number of rotatable bonds is 12. The summed E-state index contributed by atoms with van der Waals surface area (Å²) in [6.07, 6.45) is 1.73. The summed E-state index contributed by atoms with van der Waals surface area (Å²) in [5.74, 6) is 0.618. The number of nitrogens with one attached hydrogen (secondary N) is 1. The first kappa shape index (κ1) is 26.5. The van der Waals surface area contributed by atoms with Gasteiger partial charge in [0.05, 0.1) is 13.2 Å². The number of tetrazole rings is 1. The van der Waals surface area contributed by atoms with Crippen LogP contribution in [0.5, 0.6) is 0 Å². The van der Waals surface area contributed by atoms with Crippen molar-refractivity contribution in [3.63, 3.8) is 0 Å². The Morgan fingerprint density at radius 3 is 2.41 bits per heavy atom. The van der Waals surface area contributed by atoms with Crippen LogP contribution in [0.15, 0.2) is 89.7 Å². The highest BCUT2D eigenvalue weighted by Crippen LogP contribution is 2.29. The number of hydrogen-bond donors (Lipinski definition) is 1. The lowest BCUT2D eigenvalue weighted by Crippen LogP contribution is -2.36. The summed E-state index contributed by atoms with van der Waals surface area (Å²) in [7, 11) is 1.66. The molecule has 8 heteroatoms. The molecule has 0 spiro atoms. The summed E-state index contributed by atoms with van der Waals surface area (Å²) in [6.45, 7) is 4.40. The average molecular weight is 523 g/mol. The summed E-state index contributed by atoms with van der Waals surface area (Å²) in [5.41, 5.74) is 4.89. The Labute approximate surface area is 228 Å². The van der Waals surface area contributed by atoms with Gasteiger partial charge in [-0.05, 0) is 63.5 Å². The van der Waals surface area contributed by atoms with Gasteiger partial charge in [-0.2, -0.15) is 0 Å². The molecule has 2 aromatic heterocycles. The summed E-state index contributed by atoms with van der Waals surface area (Å²) >= 11 is 0. The van der Waals surface area contributed by atoms with Gasteiger partial charge in [0.15, 0.2) is 5.82 Å². The molecule has 3 aromatic carbocycles. The summed E-state index contributed by atoms with van der Waals surface area (Å²) in [4.78, 5) is 19.1. The lowest BCUT2D eigenvalue weighted by atomic mass is 10.0. The van der Waals surface area contributed by atoms with Gasteiger partial charge in [-0.1, -0.05) is 73.7 Å². The SMILES string of the molecule is CCc1ccc2[nH]c(=O)c([C@@H](c3nnnn3CCOC)N(CCc3ccccc3)Cc3ccccc3)cc2c1. The third-order valence-electron chi connectivity index (χ3n) is 7.08. The lowest BCUT2D eigenvalue weighted by Gasteiger charge is -2.31. The molecule has 0 aliphatic rings. The fraction of sp³-hybridized carbons (Fsp3) is 0.290. The quantitative estimate of drug-likeness (QED) is 0.259. The third-order valence-corrected chi connectivity index (χ3v) is 7.08. The second-order valence-electron chi connectivity index (χ2n) is 9.68. The average Bonchev–Trinajstić information content (AvgIpc) is 3.44. The van der Waals surface area contributed by atoms with Gasteiger partial charge in [-0.25, -0.2) is 4.68 Å². The molecule has 0 fully saturated rings. The summed E-state index contributed by atoms with van der Waals surface area (Å²) in [5, 5.41) is 13.7. The minimum absolute atomic E-state index is 0.143. The number of H-pyrrole nitrogens is 1. The molecule has 0 bridgehead atoms. The minimum Gasteiger partial charge on any atom is -0.383 e. The smallest absolute Gasteiger partial charge is 0.253 e. The molecule has 0 saturated heterocycles. The number of hydrogen-bond acceptors (Lipinski definition) is 6. The van der Waals surface area contributed by atoms with Crippen LogP contribution in [0, 0.1) is 0 Å². The van der Waals surface area contributed by atoms with Crippen LogP contribution < -0.4 is 5.56 Å². The molecule has 1 N–H and O–H groups in total. The summed E-state index contributed by atoms with van der Waals surface area (Å²) in [6, 6.07) is 28.4. The molecule has 0 aliphatic heterocycles. The number of methoxy groups -OCH3 is 1. The monoisotopic (exact) mass is 522 g/mol. The Hall–Kier alpha value is -4.14. The Morgan fingerprint density at radius 2 is 1.69 bits per heavy atom. The van der Waals surface area contributed by atoms with E-state index in [0.717, 1.165) is 29.3 Å². The number of aromatic nitrogens is 5. The molecule has 2 heterocycles. The van der Waals surface area contributed by atoms with Crippen molar-refractivity contribution in [1.82, 2.24) is 30.1 Å². The van der Waals surface area contributed by atoms with Crippen LogP contribution >= 0.6 is 0 Å². The van der Waals surface area contributed by atoms with Gasteiger partial charge < -0.3 is 9.72 Å². The first-order chi connectivity index (χ1) is 19.2. The normalized spacial score (nSPS) is 12.3. The molecule has 39 heavy (non-hydrogen) atoms. The number of pyridine rings is 1. The molecule has 1 atom stereocenters. The predicted molar refractivity (Wildman–Crippen MR) is 152 cm³/mol. The zero-order chi connectivity index (χ0) is 27.0. The maximum absolute atomic E-state index is 13.7. The lowest BCUT2D eigenvalue weighted by molar-refractivity contribution is 0.172. The topological polar surface area (TPSA) is 88.9 Å². The van der Waals surface area contributed by atoms with Crippen molar-refractivity contribution < 1.29 is 4.74 Å². The van der Waals surface area contributed by atoms with E-state index in [9.17, 15) is 4.79 Å². The van der Waals surface area contributed by atoms with Gasteiger partial charge >= 0.3 is 0 Å². The highest BCUT2D eigenvalue weighted by atomic mass is 16.5. The van der Waals surface area contributed by atoms with Crippen LogP contribution in [0.1, 0.15) is 41.0 Å². The maximum Gasteiger partial charge on any atom is 0.253 e. The minimum atomic E-state index is -0.473. The molecule has 0 unspecified atom stereocenters. The molecule has 0 amide bonds. The zero-order valence-electron chi connectivity index (χ0n) is 22.5. The van der Waals surface area contributed by atoms with E-state index in [2.05, 4.69) is 80.9 Å². The van der Waals surface area contributed by atoms with Crippen LogP contribution in [0.25, 0.3) is 10.9 Å². The fourth-order valence-electron chi connectivity index (χ4n) is 4.97. The predicted octanol–water partition coefficient (Wildman–Crippen LogP) is 4.56. The standard InChI is InChI=1S/C31H34N6O2/c1-3-23-14-15-28-26(20-23)21-27(31(38)32-28)29(30-33-34-35-37(30)18-19-39-2)36(22-25-12-8-5-9-13-25)17-16-24-10-6-4-7-11-24/h4-15,20-21,29H,3,16-19,22H2,1-2H3,(H,32,38)/t29-/m0/s1. The number of aromatic amines is 1. The molecular weight excluding hydrogens is 488 g/mol. The van der Waals surface area contributed by atoms with E-state index in [1.165, 1.54) is 11.1 Å². The molecule has 5 aromatic rings. The van der Waals surface area contributed by atoms with E-state index in [4.69, 9.17) is 4.74 Å². The van der Waals surface area contributed by atoms with Crippen molar-refractivity contribution in [2.24, 2.45) is 0 Å². The summed E-state index contributed by atoms with van der Waals surface area (Å²) < 4.78 is 7.08. The van der Waals surface area contributed by atoms with Crippen molar-refractivity contribution in [1.29, 1.82) is 0 Å². The van der Waals surface area contributed by atoms with Crippen molar-refractivity contribution in [3.8, 4) is 0 Å². The molecule has 200 valence electrons. The van der Waals surface area contributed by atoms with Gasteiger partial charge in [-0.3, -0.25) is 9.69 Å². The third kappa shape index (κ3) is 6.30. The van der Waals surface area contributed by atoms with Crippen molar-refractivity contribution >= 4 is 10.9 Å². The van der Waals surface area contributed by atoms with Gasteiger partial charge in [0.25, 0.3) is 5.56 Å². The van der Waals surface area contributed by atoms with Crippen molar-refractivity contribution in [2.75, 3.05) is 20.3 Å². The highest BCUT2D eigenvalue weighted by molar-refractivity contribution is 5.80. The number of ether oxygens (including phenoxy) is 1. The van der Waals surface area contributed by atoms with E-state index in [-0.39, 0.29) is 5.56 Å². The molecular formula is C31H34N6O2. The first-order valence-corrected chi connectivity index (χ1v) is 13.4. The molecule has 0 aliphatic carbocycles. The first-order valence-electron chi connectivity index (χ1n) is 13.4. The Bertz CT molecular complexity index is 1550. The van der Waals surface area contributed by atoms with E-state index in [1.807, 2.05) is 36.4 Å². The second-order valence-corrected chi connectivity index (χ2v) is 9.68. The van der Waals surface area contributed by atoms with Crippen molar-refractivity contribution in [3.05, 3.63) is 123 Å². The molecule has 0 radical (unpaired) electrons. The fourth-order valence-corrected chi connectivity index (χ4v) is 4.97. The van der Waals surface area contributed by atoms with Crippen LogP contribution in [0.4, 0.5) is 0 Å². The number of nitrogens with zero attached hydrogens (tertiary/aromatic N) is 5. The Balaban J connectivity index is 1.64. The van der Waals surface area contributed by atoms with Crippen LogP contribution in [-0.2, 0) is 30.7 Å². The van der Waals surface area contributed by atoms with Crippen LogP contribution in [0.3, 0.4) is 0 Å². The van der Waals surface area contributed by atoms with Crippen LogP contribution in [0.2, 0.25) is 0 Å². The highest BCUT2D eigenvalue weighted by Gasteiger charge is 2.30. The zero-order valence-corrected chi connectivity index (χ0v) is 22.5. The maximum atomic E-state index is 13.7. The number of fused-ring (bicyclic) bond motifs is 1. The van der Waals surface area contributed by atoms with E-state index in [0.29, 0.717) is 37.6 Å². The molecule has 5 rings (SSSR count). The largest absolute Gasteiger partial charge is 0.383 e. The number of aryl methyl sites for hydroxylation is 1. The van der Waals surface area contributed by atoms with Gasteiger partial charge in [0, 0.05) is 31.3 Å².